The summed E-state index contributed by atoms with van der Waals surface area (Å²) in [7, 11) is 8.80. The van der Waals surface area contributed by atoms with Crippen LogP contribution in [0.1, 0.15) is 34.1 Å². The fourth-order valence-electron chi connectivity index (χ4n) is 5.14. The molecule has 0 saturated carbocycles. The van der Waals surface area contributed by atoms with Gasteiger partial charge >= 0.3 is 5.56 Å². The van der Waals surface area contributed by atoms with Gasteiger partial charge in [0.05, 0.1) is 4.88 Å². The Hall–Kier alpha value is -4.29. The summed E-state index contributed by atoms with van der Waals surface area (Å²) in [6.07, 6.45) is 1.70. The largest absolute Gasteiger partial charge is 0.347 e. The zero-order valence-corrected chi connectivity index (χ0v) is 25.3. The van der Waals surface area contributed by atoms with Gasteiger partial charge in [0.15, 0.2) is 0 Å². The van der Waals surface area contributed by atoms with Gasteiger partial charge in [-0.15, -0.1) is 16.4 Å². The molecular weight excluding hydrogens is 552 g/mol. The molecule has 1 aliphatic rings. The van der Waals surface area contributed by atoms with E-state index < -0.39 is 6.04 Å². The highest BCUT2D eigenvalue weighted by Crippen LogP contribution is 2.26. The second-order valence-electron chi connectivity index (χ2n) is 10.9. The van der Waals surface area contributed by atoms with Crippen LogP contribution in [0.15, 0.2) is 59.4 Å². The number of carbonyl (C=O) groups excluding carboxylic acids is 2. The first kappa shape index (κ1) is 29.2. The summed E-state index contributed by atoms with van der Waals surface area (Å²) in [4.78, 5) is 49.4. The number of thiophene rings is 1. The number of aryl methyl sites for hydroxylation is 1. The third-order valence-corrected chi connectivity index (χ3v) is 8.43. The lowest BCUT2D eigenvalue weighted by Gasteiger charge is -2.33. The first-order valence-electron chi connectivity index (χ1n) is 13.8. The molecule has 4 aromatic rings. The Kier molecular flexibility index (Phi) is 8.55. The quantitative estimate of drug-likeness (QED) is 0.323. The van der Waals surface area contributed by atoms with Crippen LogP contribution in [0.5, 0.6) is 0 Å². The molecule has 0 bridgehead atoms. The summed E-state index contributed by atoms with van der Waals surface area (Å²) < 4.78 is 2.36. The van der Waals surface area contributed by atoms with Crippen molar-refractivity contribution in [1.82, 2.24) is 29.9 Å². The highest BCUT2D eigenvalue weighted by Gasteiger charge is 2.26. The summed E-state index contributed by atoms with van der Waals surface area (Å²) in [5.74, 6) is 0.468. The zero-order chi connectivity index (χ0) is 30.0. The predicted octanol–water partition coefficient (Wildman–Crippen LogP) is 3.22. The van der Waals surface area contributed by atoms with Gasteiger partial charge in [-0.1, -0.05) is 30.3 Å². The Bertz CT molecular complexity index is 1610. The summed E-state index contributed by atoms with van der Waals surface area (Å²) in [5.41, 5.74) is 1.16. The lowest BCUT2D eigenvalue weighted by molar-refractivity contribution is -0.133. The number of hydrogen-bond donors (Lipinski definition) is 2. The topological polar surface area (TPSA) is 116 Å². The molecule has 0 aliphatic carbocycles. The normalized spacial score (nSPS) is 16.0. The van der Waals surface area contributed by atoms with Crippen LogP contribution < -0.4 is 21.1 Å². The average Bonchev–Trinajstić information content (AvgIpc) is 3.41. The van der Waals surface area contributed by atoms with Gasteiger partial charge in [0.2, 0.25) is 17.7 Å². The highest BCUT2D eigenvalue weighted by molar-refractivity contribution is 7.20. The number of nitrogens with zero attached hydrogens (tertiary/aromatic N) is 6. The number of hydrogen-bond acceptors (Lipinski definition) is 9. The Labute approximate surface area is 248 Å². The first-order valence-corrected chi connectivity index (χ1v) is 14.7. The Balaban J connectivity index is 1.29. The minimum atomic E-state index is -0.418. The fraction of sp³-hybridized carbons (Fsp3) is 0.367. The van der Waals surface area contributed by atoms with Gasteiger partial charge in [-0.2, -0.15) is 4.98 Å². The lowest BCUT2D eigenvalue weighted by Crippen LogP contribution is -2.48. The van der Waals surface area contributed by atoms with Crippen LogP contribution in [0, 0.1) is 0 Å². The maximum absolute atomic E-state index is 13.0. The molecule has 1 saturated heterocycles. The van der Waals surface area contributed by atoms with Gasteiger partial charge in [-0.05, 0) is 62.2 Å². The SMILES string of the molecule is CN(C)C(=O)[C@H](c1ccc(Nc2nc(N3CCCC(NC(=O)c4cc5ccccc5s4)C3)nn(C)c2=O)cc1)N(C)C. The molecule has 3 heterocycles. The standard InChI is InChI=1S/C30H36N8O3S/c1-35(2)25(28(40)36(3)4)19-12-14-21(15-13-19)31-26-29(41)37(5)34-30(33-26)38-16-8-10-22(18-38)32-27(39)24-17-20-9-6-7-11-23(20)42-24/h6-7,9,11-15,17,22,25H,8,10,16,18H2,1-5H3,(H,32,39)(H,31,33,34)/t22?,25-/m0/s1. The third-order valence-electron chi connectivity index (χ3n) is 7.32. The van der Waals surface area contributed by atoms with Crippen molar-refractivity contribution in [2.45, 2.75) is 24.9 Å². The van der Waals surface area contributed by atoms with E-state index in [2.05, 4.69) is 20.7 Å². The number of piperidine rings is 1. The van der Waals surface area contributed by atoms with E-state index in [1.165, 1.54) is 16.0 Å². The number of aromatic nitrogens is 3. The van der Waals surface area contributed by atoms with E-state index in [4.69, 9.17) is 0 Å². The molecule has 11 nitrogen and oxygen atoms in total. The second kappa shape index (κ2) is 12.3. The molecule has 2 N–H and O–H groups in total. The smallest absolute Gasteiger partial charge is 0.309 e. The molecule has 0 radical (unpaired) electrons. The molecule has 0 spiro atoms. The van der Waals surface area contributed by atoms with Crippen molar-refractivity contribution >= 4 is 50.7 Å². The van der Waals surface area contributed by atoms with Crippen molar-refractivity contribution in [3.8, 4) is 0 Å². The molecule has 2 aromatic heterocycles. The van der Waals surface area contributed by atoms with Crippen LogP contribution >= 0.6 is 11.3 Å². The minimum Gasteiger partial charge on any atom is -0.347 e. The maximum atomic E-state index is 13.0. The fourth-order valence-corrected chi connectivity index (χ4v) is 6.10. The lowest BCUT2D eigenvalue weighted by atomic mass is 10.0. The zero-order valence-electron chi connectivity index (χ0n) is 24.5. The number of rotatable bonds is 8. The molecule has 12 heteroatoms. The number of amides is 2. The van der Waals surface area contributed by atoms with Crippen molar-refractivity contribution in [2.75, 3.05) is 51.5 Å². The molecule has 5 rings (SSSR count). The van der Waals surface area contributed by atoms with Gasteiger partial charge in [0, 0.05) is 50.7 Å². The number of fused-ring (bicyclic) bond motifs is 1. The summed E-state index contributed by atoms with van der Waals surface area (Å²) in [6.45, 7) is 1.25. The van der Waals surface area contributed by atoms with E-state index in [0.717, 1.165) is 28.5 Å². The van der Waals surface area contributed by atoms with E-state index in [1.54, 1.807) is 26.0 Å². The average molecular weight is 589 g/mol. The van der Waals surface area contributed by atoms with Crippen LogP contribution in [0.2, 0.25) is 0 Å². The van der Waals surface area contributed by atoms with Crippen LogP contribution in [-0.2, 0) is 11.8 Å². The molecule has 2 aromatic carbocycles. The van der Waals surface area contributed by atoms with E-state index in [-0.39, 0.29) is 29.2 Å². The van der Waals surface area contributed by atoms with E-state index >= 15 is 0 Å². The summed E-state index contributed by atoms with van der Waals surface area (Å²) in [6, 6.07) is 16.8. The molecule has 42 heavy (non-hydrogen) atoms. The van der Waals surface area contributed by atoms with E-state index in [9.17, 15) is 14.4 Å². The van der Waals surface area contributed by atoms with Gasteiger partial charge in [-0.3, -0.25) is 19.3 Å². The Morgan fingerprint density at radius 1 is 1.07 bits per heavy atom. The van der Waals surface area contributed by atoms with Crippen LogP contribution in [0.25, 0.3) is 10.1 Å². The molecule has 1 aliphatic heterocycles. The number of likely N-dealkylation sites (N-methyl/N-ethyl adjacent to an activating group) is 2. The second-order valence-corrected chi connectivity index (χ2v) is 12.0. The van der Waals surface area contributed by atoms with Crippen molar-refractivity contribution in [3.63, 3.8) is 0 Å². The molecular formula is C30H36N8O3S. The number of anilines is 3. The number of benzene rings is 2. The van der Waals surface area contributed by atoms with Crippen molar-refractivity contribution < 1.29 is 9.59 Å². The van der Waals surface area contributed by atoms with Crippen LogP contribution in [0.4, 0.5) is 17.5 Å². The summed E-state index contributed by atoms with van der Waals surface area (Å²) in [5, 5.41) is 11.8. The third kappa shape index (κ3) is 6.29. The van der Waals surface area contributed by atoms with Gasteiger partial charge in [-0.25, -0.2) is 4.68 Å². The first-order chi connectivity index (χ1) is 20.1. The molecule has 2 amide bonds. The maximum Gasteiger partial charge on any atom is 0.309 e. The Morgan fingerprint density at radius 2 is 1.81 bits per heavy atom. The van der Waals surface area contributed by atoms with Gasteiger partial charge < -0.3 is 20.4 Å². The predicted molar refractivity (Wildman–Crippen MR) is 167 cm³/mol. The van der Waals surface area contributed by atoms with E-state index in [0.29, 0.717) is 29.6 Å². The Morgan fingerprint density at radius 3 is 2.50 bits per heavy atom. The van der Waals surface area contributed by atoms with E-state index in [1.807, 2.05) is 78.5 Å². The number of carbonyl (C=O) groups is 2. The van der Waals surface area contributed by atoms with Crippen molar-refractivity contribution in [2.24, 2.45) is 7.05 Å². The molecule has 220 valence electrons. The molecule has 1 unspecified atom stereocenters. The molecule has 2 atom stereocenters. The van der Waals surface area contributed by atoms with Gasteiger partial charge in [0.25, 0.3) is 5.91 Å². The monoisotopic (exact) mass is 588 g/mol. The number of nitrogens with one attached hydrogen (secondary N) is 2. The van der Waals surface area contributed by atoms with Crippen molar-refractivity contribution in [1.29, 1.82) is 0 Å². The van der Waals surface area contributed by atoms with Crippen LogP contribution in [0.3, 0.4) is 0 Å². The van der Waals surface area contributed by atoms with Gasteiger partial charge in [0.1, 0.15) is 6.04 Å². The van der Waals surface area contributed by atoms with Crippen molar-refractivity contribution in [3.05, 3.63) is 75.4 Å². The van der Waals surface area contributed by atoms with Crippen LogP contribution in [-0.4, -0.2) is 83.7 Å². The summed E-state index contributed by atoms with van der Waals surface area (Å²) >= 11 is 1.49. The molecule has 1 fully saturated rings. The minimum absolute atomic E-state index is 0.0186. The highest BCUT2D eigenvalue weighted by atomic mass is 32.1.